The first-order valence-corrected chi connectivity index (χ1v) is 7.06. The van der Waals surface area contributed by atoms with Gasteiger partial charge in [-0.15, -0.1) is 5.10 Å². The van der Waals surface area contributed by atoms with E-state index in [1.165, 1.54) is 11.0 Å². The normalized spacial score (nSPS) is 10.3. The van der Waals surface area contributed by atoms with Gasteiger partial charge in [0, 0.05) is 10.2 Å². The Hall–Kier alpha value is -2.47. The first-order valence-electron chi connectivity index (χ1n) is 6.27. The van der Waals surface area contributed by atoms with Crippen molar-refractivity contribution in [2.75, 3.05) is 5.32 Å². The monoisotopic (exact) mass is 342 g/mol. The van der Waals surface area contributed by atoms with E-state index in [1.807, 2.05) is 54.6 Å². The largest absolute Gasteiger partial charge is 0.321 e. The number of para-hydroxylation sites is 1. The lowest BCUT2D eigenvalue weighted by atomic mass is 10.3. The average molecular weight is 343 g/mol. The molecule has 5 nitrogen and oxygen atoms in total. The quantitative estimate of drug-likeness (QED) is 0.794. The molecule has 0 saturated heterocycles. The van der Waals surface area contributed by atoms with E-state index >= 15 is 0 Å². The number of carbonyl (C=O) groups is 1. The van der Waals surface area contributed by atoms with Crippen LogP contribution in [0.3, 0.4) is 0 Å². The highest BCUT2D eigenvalue weighted by Gasteiger charge is 2.11. The molecule has 104 valence electrons. The number of amides is 1. The van der Waals surface area contributed by atoms with Crippen LogP contribution in [0.1, 0.15) is 10.5 Å². The second kappa shape index (κ2) is 5.88. The van der Waals surface area contributed by atoms with E-state index in [-0.39, 0.29) is 11.6 Å². The van der Waals surface area contributed by atoms with Crippen molar-refractivity contribution < 1.29 is 4.79 Å². The van der Waals surface area contributed by atoms with Crippen LogP contribution in [0.5, 0.6) is 0 Å². The zero-order valence-corrected chi connectivity index (χ0v) is 12.5. The first-order chi connectivity index (χ1) is 10.2. The van der Waals surface area contributed by atoms with Gasteiger partial charge in [0.05, 0.1) is 11.9 Å². The molecule has 1 amide bonds. The lowest BCUT2D eigenvalue weighted by Gasteiger charge is -2.03. The van der Waals surface area contributed by atoms with E-state index in [0.29, 0.717) is 5.69 Å². The Bertz CT molecular complexity index is 770. The molecule has 0 spiro atoms. The number of nitrogens with zero attached hydrogens (tertiary/aromatic N) is 3. The molecular formula is C15H11BrN4O. The molecule has 21 heavy (non-hydrogen) atoms. The summed E-state index contributed by atoms with van der Waals surface area (Å²) in [7, 11) is 0. The summed E-state index contributed by atoms with van der Waals surface area (Å²) in [4.78, 5) is 13.6. The Morgan fingerprint density at radius 2 is 1.90 bits per heavy atom. The van der Waals surface area contributed by atoms with E-state index in [4.69, 9.17) is 0 Å². The van der Waals surface area contributed by atoms with Crippen LogP contribution in [0.4, 0.5) is 5.69 Å². The molecule has 0 atom stereocenters. The summed E-state index contributed by atoms with van der Waals surface area (Å²) >= 11 is 3.36. The summed E-state index contributed by atoms with van der Waals surface area (Å²) in [6.07, 6.45) is 1.44. The maximum atomic E-state index is 12.1. The molecule has 0 unspecified atom stereocenters. The number of halogens is 1. The van der Waals surface area contributed by atoms with Crippen molar-refractivity contribution in [1.29, 1.82) is 0 Å². The molecule has 0 aliphatic rings. The fourth-order valence-electron chi connectivity index (χ4n) is 1.81. The highest BCUT2D eigenvalue weighted by Crippen LogP contribution is 2.16. The molecule has 0 fully saturated rings. The van der Waals surface area contributed by atoms with Crippen LogP contribution in [0, 0.1) is 0 Å². The molecule has 3 aromatic rings. The molecule has 1 N–H and O–H groups in total. The molecule has 1 aromatic heterocycles. The SMILES string of the molecule is O=C(Nc1cccc(Br)c1)c1cnn(-c2ccccc2)n1. The second-order valence-corrected chi connectivity index (χ2v) is 5.23. The van der Waals surface area contributed by atoms with E-state index in [0.717, 1.165) is 10.2 Å². The predicted octanol–water partition coefficient (Wildman–Crippen LogP) is 3.28. The van der Waals surface area contributed by atoms with Crippen LogP contribution in [0.25, 0.3) is 5.69 Å². The van der Waals surface area contributed by atoms with Gasteiger partial charge < -0.3 is 5.32 Å². The number of anilines is 1. The van der Waals surface area contributed by atoms with Crippen molar-refractivity contribution >= 4 is 27.5 Å². The van der Waals surface area contributed by atoms with Crippen LogP contribution in [0.2, 0.25) is 0 Å². The van der Waals surface area contributed by atoms with Crippen molar-refractivity contribution in [2.24, 2.45) is 0 Å². The topological polar surface area (TPSA) is 59.8 Å². The van der Waals surface area contributed by atoms with Gasteiger partial charge in [0.25, 0.3) is 5.91 Å². The van der Waals surface area contributed by atoms with Gasteiger partial charge in [0.1, 0.15) is 0 Å². The number of benzene rings is 2. The van der Waals surface area contributed by atoms with Gasteiger partial charge in [-0.3, -0.25) is 4.79 Å². The van der Waals surface area contributed by atoms with E-state index < -0.39 is 0 Å². The Labute approximate surface area is 129 Å². The molecule has 2 aromatic carbocycles. The zero-order valence-electron chi connectivity index (χ0n) is 10.9. The van der Waals surface area contributed by atoms with Crippen LogP contribution in [0.15, 0.2) is 65.3 Å². The van der Waals surface area contributed by atoms with Crippen LogP contribution in [-0.2, 0) is 0 Å². The minimum atomic E-state index is -0.296. The molecule has 3 rings (SSSR count). The summed E-state index contributed by atoms with van der Waals surface area (Å²) in [6, 6.07) is 16.8. The molecule has 0 radical (unpaired) electrons. The lowest BCUT2D eigenvalue weighted by molar-refractivity contribution is 0.102. The smallest absolute Gasteiger partial charge is 0.277 e. The number of hydrogen-bond acceptors (Lipinski definition) is 3. The Morgan fingerprint density at radius 1 is 1.10 bits per heavy atom. The summed E-state index contributed by atoms with van der Waals surface area (Å²) in [5.41, 5.74) is 1.77. The van der Waals surface area contributed by atoms with Crippen LogP contribution >= 0.6 is 15.9 Å². The second-order valence-electron chi connectivity index (χ2n) is 4.32. The summed E-state index contributed by atoms with van der Waals surface area (Å²) in [5, 5.41) is 11.1. The zero-order chi connectivity index (χ0) is 14.7. The van der Waals surface area contributed by atoms with Crippen molar-refractivity contribution in [3.8, 4) is 5.69 Å². The van der Waals surface area contributed by atoms with E-state index in [9.17, 15) is 4.79 Å². The maximum Gasteiger partial charge on any atom is 0.277 e. The number of hydrogen-bond donors (Lipinski definition) is 1. The lowest BCUT2D eigenvalue weighted by Crippen LogP contribution is -2.13. The maximum absolute atomic E-state index is 12.1. The molecule has 6 heteroatoms. The van der Waals surface area contributed by atoms with Crippen LogP contribution < -0.4 is 5.32 Å². The van der Waals surface area contributed by atoms with Gasteiger partial charge >= 0.3 is 0 Å². The van der Waals surface area contributed by atoms with E-state index in [1.54, 1.807) is 0 Å². The highest BCUT2D eigenvalue weighted by atomic mass is 79.9. The Morgan fingerprint density at radius 3 is 2.67 bits per heavy atom. The molecule has 1 heterocycles. The number of rotatable bonds is 3. The minimum absolute atomic E-state index is 0.263. The first kappa shape index (κ1) is 13.5. The third-order valence-corrected chi connectivity index (χ3v) is 3.29. The van der Waals surface area contributed by atoms with Gasteiger partial charge in [-0.2, -0.15) is 9.90 Å². The average Bonchev–Trinajstić information content (AvgIpc) is 2.98. The summed E-state index contributed by atoms with van der Waals surface area (Å²) in [5.74, 6) is -0.296. The van der Waals surface area contributed by atoms with Crippen molar-refractivity contribution in [3.05, 3.63) is 71.0 Å². The fraction of sp³-hybridized carbons (Fsp3) is 0. The molecular weight excluding hydrogens is 332 g/mol. The molecule has 0 aliphatic heterocycles. The third-order valence-electron chi connectivity index (χ3n) is 2.79. The fourth-order valence-corrected chi connectivity index (χ4v) is 2.21. The Kier molecular flexibility index (Phi) is 3.79. The molecule has 0 saturated carbocycles. The Balaban J connectivity index is 1.78. The number of carbonyl (C=O) groups excluding carboxylic acids is 1. The van der Waals surface area contributed by atoms with Gasteiger partial charge in [0.2, 0.25) is 0 Å². The van der Waals surface area contributed by atoms with Gasteiger partial charge in [-0.25, -0.2) is 0 Å². The van der Waals surface area contributed by atoms with Crippen molar-refractivity contribution in [2.45, 2.75) is 0 Å². The molecule has 0 aliphatic carbocycles. The predicted molar refractivity (Wildman–Crippen MR) is 83.5 cm³/mol. The van der Waals surface area contributed by atoms with Gasteiger partial charge in [0.15, 0.2) is 5.69 Å². The van der Waals surface area contributed by atoms with Crippen LogP contribution in [-0.4, -0.2) is 20.9 Å². The van der Waals surface area contributed by atoms with E-state index in [2.05, 4.69) is 31.4 Å². The standard InChI is InChI=1S/C15H11BrN4O/c16-11-5-4-6-12(9-11)18-15(21)14-10-17-20(19-14)13-7-2-1-3-8-13/h1-10H,(H,18,21). The minimum Gasteiger partial charge on any atom is -0.321 e. The molecule has 0 bridgehead atoms. The van der Waals surface area contributed by atoms with Gasteiger partial charge in [-0.05, 0) is 30.3 Å². The van der Waals surface area contributed by atoms with Gasteiger partial charge in [-0.1, -0.05) is 40.2 Å². The summed E-state index contributed by atoms with van der Waals surface area (Å²) in [6.45, 7) is 0. The highest BCUT2D eigenvalue weighted by molar-refractivity contribution is 9.10. The van der Waals surface area contributed by atoms with Crippen molar-refractivity contribution in [1.82, 2.24) is 15.0 Å². The van der Waals surface area contributed by atoms with Crippen molar-refractivity contribution in [3.63, 3.8) is 0 Å². The third kappa shape index (κ3) is 3.17. The summed E-state index contributed by atoms with van der Waals surface area (Å²) < 4.78 is 0.897. The number of aromatic nitrogens is 3. The number of nitrogens with one attached hydrogen (secondary N) is 1.